The number of aliphatic hydroxyl groups is 1. The normalized spacial score (nSPS) is 24.8. The minimum atomic E-state index is -0.143. The van der Waals surface area contributed by atoms with Crippen LogP contribution in [-0.4, -0.2) is 35.7 Å². The Labute approximate surface area is 50.1 Å². The van der Waals surface area contributed by atoms with Crippen LogP contribution in [0.1, 0.15) is 13.3 Å². The molecular weight excluding hydrogens is 102 g/mol. The summed E-state index contributed by atoms with van der Waals surface area (Å²) in [5.41, 5.74) is 0. The van der Waals surface area contributed by atoms with E-state index >= 15 is 0 Å². The van der Waals surface area contributed by atoms with Crippen molar-refractivity contribution in [3.63, 3.8) is 0 Å². The van der Waals surface area contributed by atoms with Gasteiger partial charge in [0, 0.05) is 6.54 Å². The Balaban J connectivity index is 2.01. The fourth-order valence-corrected chi connectivity index (χ4v) is 0.938. The Bertz CT molecular complexity index is 68.9. The molecule has 0 spiro atoms. The zero-order valence-electron chi connectivity index (χ0n) is 5.30. The van der Waals surface area contributed by atoms with E-state index in [0.29, 0.717) is 0 Å². The number of aliphatic hydroxyl groups excluding tert-OH is 1. The Hall–Kier alpha value is -0.0800. The first-order valence-electron chi connectivity index (χ1n) is 3.19. The molecule has 2 nitrogen and oxygen atoms in total. The SMILES string of the molecule is CC(O)CN1CCC1. The Morgan fingerprint density at radius 2 is 2.25 bits per heavy atom. The molecule has 0 aliphatic carbocycles. The molecule has 0 aromatic rings. The van der Waals surface area contributed by atoms with Crippen molar-refractivity contribution in [2.75, 3.05) is 19.6 Å². The van der Waals surface area contributed by atoms with Crippen LogP contribution in [0.4, 0.5) is 0 Å². The van der Waals surface area contributed by atoms with Crippen molar-refractivity contribution in [1.82, 2.24) is 4.90 Å². The highest BCUT2D eigenvalue weighted by atomic mass is 16.3. The average molecular weight is 115 g/mol. The van der Waals surface area contributed by atoms with Gasteiger partial charge in [0.15, 0.2) is 0 Å². The molecule has 0 aromatic heterocycles. The van der Waals surface area contributed by atoms with Crippen molar-refractivity contribution in [2.45, 2.75) is 19.4 Å². The Morgan fingerprint density at radius 1 is 1.62 bits per heavy atom. The summed E-state index contributed by atoms with van der Waals surface area (Å²) in [7, 11) is 0. The topological polar surface area (TPSA) is 23.5 Å². The summed E-state index contributed by atoms with van der Waals surface area (Å²) >= 11 is 0. The lowest BCUT2D eigenvalue weighted by molar-refractivity contribution is 0.0897. The maximum absolute atomic E-state index is 8.85. The van der Waals surface area contributed by atoms with Crippen LogP contribution in [0, 0.1) is 0 Å². The third kappa shape index (κ3) is 1.46. The number of hydrogen-bond donors (Lipinski definition) is 1. The third-order valence-corrected chi connectivity index (χ3v) is 1.47. The highest BCUT2D eigenvalue weighted by molar-refractivity contribution is 4.69. The van der Waals surface area contributed by atoms with E-state index in [4.69, 9.17) is 5.11 Å². The van der Waals surface area contributed by atoms with Crippen molar-refractivity contribution in [3.8, 4) is 0 Å². The van der Waals surface area contributed by atoms with Gasteiger partial charge in [0.1, 0.15) is 0 Å². The van der Waals surface area contributed by atoms with Crippen LogP contribution in [0.15, 0.2) is 0 Å². The molecule has 1 N–H and O–H groups in total. The molecule has 0 amide bonds. The quantitative estimate of drug-likeness (QED) is 0.550. The number of rotatable bonds is 2. The highest BCUT2D eigenvalue weighted by Crippen LogP contribution is 2.05. The molecule has 1 atom stereocenters. The lowest BCUT2D eigenvalue weighted by Gasteiger charge is -2.31. The van der Waals surface area contributed by atoms with Gasteiger partial charge in [0.05, 0.1) is 6.10 Å². The molecule has 1 fully saturated rings. The summed E-state index contributed by atoms with van der Waals surface area (Å²) in [4.78, 5) is 2.25. The molecule has 48 valence electrons. The molecule has 1 rings (SSSR count). The monoisotopic (exact) mass is 115 g/mol. The van der Waals surface area contributed by atoms with Crippen LogP contribution >= 0.6 is 0 Å². The summed E-state index contributed by atoms with van der Waals surface area (Å²) in [6, 6.07) is 0. The van der Waals surface area contributed by atoms with Crippen molar-refractivity contribution in [1.29, 1.82) is 0 Å². The molecular formula is C6H13NO. The minimum Gasteiger partial charge on any atom is -0.392 e. The van der Waals surface area contributed by atoms with Crippen LogP contribution in [0.2, 0.25) is 0 Å². The molecule has 8 heavy (non-hydrogen) atoms. The summed E-state index contributed by atoms with van der Waals surface area (Å²) in [5.74, 6) is 0. The second-order valence-electron chi connectivity index (χ2n) is 2.50. The molecule has 2 heteroatoms. The molecule has 1 saturated heterocycles. The van der Waals surface area contributed by atoms with Crippen LogP contribution in [0.5, 0.6) is 0 Å². The van der Waals surface area contributed by atoms with Gasteiger partial charge in [-0.2, -0.15) is 0 Å². The maximum Gasteiger partial charge on any atom is 0.0639 e. The average Bonchev–Trinajstić information content (AvgIpc) is 1.55. The summed E-state index contributed by atoms with van der Waals surface area (Å²) in [5, 5.41) is 8.85. The maximum atomic E-state index is 8.85. The van der Waals surface area contributed by atoms with Crippen LogP contribution in [0.25, 0.3) is 0 Å². The molecule has 0 saturated carbocycles. The predicted molar refractivity (Wildman–Crippen MR) is 32.7 cm³/mol. The third-order valence-electron chi connectivity index (χ3n) is 1.47. The zero-order chi connectivity index (χ0) is 5.98. The van der Waals surface area contributed by atoms with Crippen LogP contribution < -0.4 is 0 Å². The van der Waals surface area contributed by atoms with Gasteiger partial charge in [-0.25, -0.2) is 0 Å². The van der Waals surface area contributed by atoms with Crippen molar-refractivity contribution >= 4 is 0 Å². The molecule has 1 aliphatic rings. The Morgan fingerprint density at radius 3 is 2.38 bits per heavy atom. The van der Waals surface area contributed by atoms with E-state index in [1.807, 2.05) is 6.92 Å². The van der Waals surface area contributed by atoms with E-state index in [-0.39, 0.29) is 6.10 Å². The summed E-state index contributed by atoms with van der Waals surface area (Å²) < 4.78 is 0. The fourth-order valence-electron chi connectivity index (χ4n) is 0.938. The van der Waals surface area contributed by atoms with E-state index in [0.717, 1.165) is 6.54 Å². The van der Waals surface area contributed by atoms with Gasteiger partial charge in [-0.3, -0.25) is 0 Å². The number of β-amino-alcohol motifs (C(OH)–C–C–N with tert-alkyl or cyclic N) is 1. The first kappa shape index (κ1) is 6.05. The molecule has 1 aliphatic heterocycles. The molecule has 0 radical (unpaired) electrons. The fraction of sp³-hybridized carbons (Fsp3) is 1.00. The first-order chi connectivity index (χ1) is 3.79. The van der Waals surface area contributed by atoms with Gasteiger partial charge in [-0.05, 0) is 26.4 Å². The van der Waals surface area contributed by atoms with Gasteiger partial charge in [0.25, 0.3) is 0 Å². The lowest BCUT2D eigenvalue weighted by atomic mass is 10.2. The zero-order valence-corrected chi connectivity index (χ0v) is 5.30. The van der Waals surface area contributed by atoms with E-state index in [1.54, 1.807) is 0 Å². The van der Waals surface area contributed by atoms with Crippen LogP contribution in [-0.2, 0) is 0 Å². The number of likely N-dealkylation sites (tertiary alicyclic amines) is 1. The second kappa shape index (κ2) is 2.46. The van der Waals surface area contributed by atoms with E-state index in [9.17, 15) is 0 Å². The molecule has 1 heterocycles. The van der Waals surface area contributed by atoms with Gasteiger partial charge in [-0.15, -0.1) is 0 Å². The van der Waals surface area contributed by atoms with Crippen LogP contribution in [0.3, 0.4) is 0 Å². The van der Waals surface area contributed by atoms with Crippen molar-refractivity contribution < 1.29 is 5.11 Å². The standard InChI is InChI=1S/C6H13NO/c1-6(8)5-7-3-2-4-7/h6,8H,2-5H2,1H3. The van der Waals surface area contributed by atoms with Crippen molar-refractivity contribution in [2.24, 2.45) is 0 Å². The molecule has 0 aromatic carbocycles. The molecule has 0 bridgehead atoms. The summed E-state index contributed by atoms with van der Waals surface area (Å²) in [6.07, 6.45) is 1.17. The van der Waals surface area contributed by atoms with Gasteiger partial charge in [0.2, 0.25) is 0 Å². The first-order valence-corrected chi connectivity index (χ1v) is 3.19. The second-order valence-corrected chi connectivity index (χ2v) is 2.50. The summed E-state index contributed by atoms with van der Waals surface area (Å²) in [6.45, 7) is 5.06. The largest absolute Gasteiger partial charge is 0.392 e. The van der Waals surface area contributed by atoms with E-state index < -0.39 is 0 Å². The van der Waals surface area contributed by atoms with Gasteiger partial charge < -0.3 is 10.0 Å². The highest BCUT2D eigenvalue weighted by Gasteiger charge is 2.14. The van der Waals surface area contributed by atoms with Gasteiger partial charge >= 0.3 is 0 Å². The van der Waals surface area contributed by atoms with E-state index in [1.165, 1.54) is 19.5 Å². The number of nitrogens with zero attached hydrogens (tertiary/aromatic N) is 1. The van der Waals surface area contributed by atoms with Crippen molar-refractivity contribution in [3.05, 3.63) is 0 Å². The predicted octanol–water partition coefficient (Wildman–Crippen LogP) is 0.0729. The molecule has 1 unspecified atom stereocenters. The van der Waals surface area contributed by atoms with E-state index in [2.05, 4.69) is 4.90 Å². The lowest BCUT2D eigenvalue weighted by Crippen LogP contribution is -2.41. The smallest absolute Gasteiger partial charge is 0.0639 e. The van der Waals surface area contributed by atoms with Gasteiger partial charge in [-0.1, -0.05) is 0 Å². The minimum absolute atomic E-state index is 0.143. The number of hydrogen-bond acceptors (Lipinski definition) is 2. The Kier molecular flexibility index (Phi) is 1.86.